The van der Waals surface area contributed by atoms with Gasteiger partial charge in [-0.2, -0.15) is 0 Å². The number of aryl methyl sites for hydroxylation is 1. The number of thioether (sulfide) groups is 1. The van der Waals surface area contributed by atoms with Crippen molar-refractivity contribution in [1.29, 1.82) is 0 Å². The van der Waals surface area contributed by atoms with Crippen LogP contribution in [-0.4, -0.2) is 17.1 Å². The number of hydrogen-bond donors (Lipinski definition) is 2. The Kier molecular flexibility index (Phi) is 4.49. The average Bonchev–Trinajstić information content (AvgIpc) is 2.97. The zero-order valence-electron chi connectivity index (χ0n) is 12.4. The lowest BCUT2D eigenvalue weighted by Crippen LogP contribution is -2.12. The molecule has 0 aliphatic heterocycles. The van der Waals surface area contributed by atoms with Crippen LogP contribution in [0.2, 0.25) is 0 Å². The summed E-state index contributed by atoms with van der Waals surface area (Å²) in [6.45, 7) is 0. The van der Waals surface area contributed by atoms with Gasteiger partial charge in [-0.05, 0) is 48.6 Å². The van der Waals surface area contributed by atoms with Gasteiger partial charge < -0.3 is 10.3 Å². The first kappa shape index (κ1) is 14.7. The molecular weight excluding hydrogens is 292 g/mol. The van der Waals surface area contributed by atoms with Crippen LogP contribution in [0, 0.1) is 0 Å². The fourth-order valence-electron chi connectivity index (χ4n) is 2.48. The molecular formula is C18H18N2OS. The number of H-pyrrole nitrogens is 1. The minimum Gasteiger partial charge on any atom is -0.361 e. The maximum atomic E-state index is 12.1. The van der Waals surface area contributed by atoms with E-state index in [0.717, 1.165) is 17.6 Å². The van der Waals surface area contributed by atoms with Gasteiger partial charge in [-0.15, -0.1) is 11.8 Å². The van der Waals surface area contributed by atoms with Gasteiger partial charge in [0.05, 0.1) is 0 Å². The molecule has 3 nitrogen and oxygen atoms in total. The Labute approximate surface area is 134 Å². The molecule has 3 rings (SSSR count). The molecule has 0 saturated heterocycles. The van der Waals surface area contributed by atoms with Gasteiger partial charge in [-0.1, -0.05) is 18.2 Å². The molecule has 0 bridgehead atoms. The Hall–Kier alpha value is -2.20. The third-order valence-corrected chi connectivity index (χ3v) is 4.41. The van der Waals surface area contributed by atoms with E-state index < -0.39 is 0 Å². The highest BCUT2D eigenvalue weighted by Gasteiger charge is 2.07. The number of benzene rings is 2. The number of carbonyl (C=O) groups is 1. The van der Waals surface area contributed by atoms with Crippen molar-refractivity contribution in [1.82, 2.24) is 4.98 Å². The molecule has 0 spiro atoms. The van der Waals surface area contributed by atoms with Gasteiger partial charge in [0.25, 0.3) is 0 Å². The van der Waals surface area contributed by atoms with Crippen LogP contribution < -0.4 is 5.32 Å². The van der Waals surface area contributed by atoms with Crippen molar-refractivity contribution in [3.05, 3.63) is 60.3 Å². The van der Waals surface area contributed by atoms with Crippen LogP contribution in [0.1, 0.15) is 12.0 Å². The molecule has 0 saturated carbocycles. The number of nitrogens with one attached hydrogen (secondary N) is 2. The van der Waals surface area contributed by atoms with Gasteiger partial charge in [0, 0.05) is 34.1 Å². The highest BCUT2D eigenvalue weighted by Crippen LogP contribution is 2.20. The van der Waals surface area contributed by atoms with E-state index >= 15 is 0 Å². The summed E-state index contributed by atoms with van der Waals surface area (Å²) in [4.78, 5) is 16.5. The van der Waals surface area contributed by atoms with Crippen LogP contribution >= 0.6 is 11.8 Å². The second kappa shape index (κ2) is 6.71. The molecule has 0 radical (unpaired) electrons. The van der Waals surface area contributed by atoms with Crippen LogP contribution in [-0.2, 0) is 11.2 Å². The standard InChI is InChI=1S/C18H18N2OS/c1-22-15-9-7-14(8-10-15)20-18(21)11-6-13-12-19-17-5-3-2-4-16(13)17/h2-5,7-10,12,19H,6,11H2,1H3,(H,20,21). The first-order valence-electron chi connectivity index (χ1n) is 7.25. The van der Waals surface area contributed by atoms with Gasteiger partial charge in [0.2, 0.25) is 5.91 Å². The maximum Gasteiger partial charge on any atom is 0.224 e. The molecule has 0 fully saturated rings. The van der Waals surface area contributed by atoms with E-state index in [9.17, 15) is 4.79 Å². The third kappa shape index (κ3) is 3.34. The predicted molar refractivity (Wildman–Crippen MR) is 93.5 cm³/mol. The van der Waals surface area contributed by atoms with Crippen LogP contribution in [0.15, 0.2) is 59.6 Å². The summed E-state index contributed by atoms with van der Waals surface area (Å²) in [6, 6.07) is 16.1. The first-order chi connectivity index (χ1) is 10.8. The number of amides is 1. The number of aromatic amines is 1. The second-order valence-corrected chi connectivity index (χ2v) is 6.02. The number of aromatic nitrogens is 1. The Morgan fingerprint density at radius 2 is 1.91 bits per heavy atom. The Balaban J connectivity index is 1.60. The molecule has 3 aromatic rings. The largest absolute Gasteiger partial charge is 0.361 e. The lowest BCUT2D eigenvalue weighted by Gasteiger charge is -2.05. The highest BCUT2D eigenvalue weighted by atomic mass is 32.2. The number of hydrogen-bond acceptors (Lipinski definition) is 2. The monoisotopic (exact) mass is 310 g/mol. The van der Waals surface area contributed by atoms with Crippen LogP contribution in [0.3, 0.4) is 0 Å². The van der Waals surface area contributed by atoms with E-state index in [0.29, 0.717) is 6.42 Å². The van der Waals surface area contributed by atoms with Gasteiger partial charge in [0.1, 0.15) is 0 Å². The molecule has 0 aliphatic carbocycles. The zero-order chi connectivity index (χ0) is 15.4. The van der Waals surface area contributed by atoms with Crippen molar-refractivity contribution in [2.24, 2.45) is 0 Å². The minimum absolute atomic E-state index is 0.0437. The number of anilines is 1. The van der Waals surface area contributed by atoms with Crippen molar-refractivity contribution in [2.75, 3.05) is 11.6 Å². The molecule has 1 aromatic heterocycles. The summed E-state index contributed by atoms with van der Waals surface area (Å²) in [5.41, 5.74) is 3.15. The van der Waals surface area contributed by atoms with Gasteiger partial charge in [-0.3, -0.25) is 4.79 Å². The van der Waals surface area contributed by atoms with Gasteiger partial charge in [0.15, 0.2) is 0 Å². The van der Waals surface area contributed by atoms with E-state index in [2.05, 4.69) is 16.4 Å². The van der Waals surface area contributed by atoms with Crippen LogP contribution in [0.25, 0.3) is 10.9 Å². The lowest BCUT2D eigenvalue weighted by molar-refractivity contribution is -0.116. The van der Waals surface area contributed by atoms with Crippen LogP contribution in [0.5, 0.6) is 0 Å². The molecule has 0 atom stereocenters. The van der Waals surface area contributed by atoms with Crippen molar-refractivity contribution in [3.63, 3.8) is 0 Å². The fraction of sp³-hybridized carbons (Fsp3) is 0.167. The summed E-state index contributed by atoms with van der Waals surface area (Å²) in [6.07, 6.45) is 5.24. The molecule has 0 aliphatic rings. The summed E-state index contributed by atoms with van der Waals surface area (Å²) in [5.74, 6) is 0.0437. The molecule has 2 N–H and O–H groups in total. The summed E-state index contributed by atoms with van der Waals surface area (Å²) < 4.78 is 0. The van der Waals surface area contributed by atoms with Crippen molar-refractivity contribution < 1.29 is 4.79 Å². The summed E-state index contributed by atoms with van der Waals surface area (Å²) in [5, 5.41) is 4.14. The molecule has 2 aromatic carbocycles. The summed E-state index contributed by atoms with van der Waals surface area (Å²) in [7, 11) is 0. The van der Waals surface area contributed by atoms with Crippen molar-refractivity contribution >= 4 is 34.3 Å². The van der Waals surface area contributed by atoms with E-state index in [4.69, 9.17) is 0 Å². The smallest absolute Gasteiger partial charge is 0.224 e. The number of fused-ring (bicyclic) bond motifs is 1. The lowest BCUT2D eigenvalue weighted by atomic mass is 10.1. The number of carbonyl (C=O) groups excluding carboxylic acids is 1. The summed E-state index contributed by atoms with van der Waals surface area (Å²) >= 11 is 1.69. The molecule has 22 heavy (non-hydrogen) atoms. The quantitative estimate of drug-likeness (QED) is 0.683. The van der Waals surface area contributed by atoms with E-state index in [-0.39, 0.29) is 5.91 Å². The zero-order valence-corrected chi connectivity index (χ0v) is 13.2. The predicted octanol–water partition coefficient (Wildman–Crippen LogP) is 4.46. The van der Waals surface area contributed by atoms with Crippen molar-refractivity contribution in [3.8, 4) is 0 Å². The Morgan fingerprint density at radius 3 is 2.68 bits per heavy atom. The van der Waals surface area contributed by atoms with Crippen molar-refractivity contribution in [2.45, 2.75) is 17.7 Å². The maximum absolute atomic E-state index is 12.1. The first-order valence-corrected chi connectivity index (χ1v) is 8.47. The highest BCUT2D eigenvalue weighted by molar-refractivity contribution is 7.98. The number of para-hydroxylation sites is 1. The normalized spacial score (nSPS) is 10.8. The molecule has 1 amide bonds. The van der Waals surface area contributed by atoms with Crippen LogP contribution in [0.4, 0.5) is 5.69 Å². The van der Waals surface area contributed by atoms with E-state index in [1.165, 1.54) is 15.8 Å². The molecule has 112 valence electrons. The van der Waals surface area contributed by atoms with E-state index in [1.807, 2.05) is 54.9 Å². The topological polar surface area (TPSA) is 44.9 Å². The third-order valence-electron chi connectivity index (χ3n) is 3.67. The molecule has 1 heterocycles. The van der Waals surface area contributed by atoms with Gasteiger partial charge in [-0.25, -0.2) is 0 Å². The van der Waals surface area contributed by atoms with Gasteiger partial charge >= 0.3 is 0 Å². The Morgan fingerprint density at radius 1 is 1.14 bits per heavy atom. The number of rotatable bonds is 5. The molecule has 4 heteroatoms. The average molecular weight is 310 g/mol. The molecule has 0 unspecified atom stereocenters. The fourth-order valence-corrected chi connectivity index (χ4v) is 2.89. The second-order valence-electron chi connectivity index (χ2n) is 5.14. The SMILES string of the molecule is CSc1ccc(NC(=O)CCc2c[nH]c3ccccc23)cc1. The van der Waals surface area contributed by atoms with E-state index in [1.54, 1.807) is 11.8 Å². The Bertz CT molecular complexity index is 777. The minimum atomic E-state index is 0.0437.